The van der Waals surface area contributed by atoms with E-state index in [9.17, 15) is 4.79 Å². The first-order chi connectivity index (χ1) is 18.9. The fraction of sp³-hybridized carbons (Fsp3) is 0.346. The van der Waals surface area contributed by atoms with Crippen LogP contribution in [-0.4, -0.2) is 67.7 Å². The molecule has 13 heteroatoms. The highest BCUT2D eigenvalue weighted by molar-refractivity contribution is 7.99. The van der Waals surface area contributed by atoms with Gasteiger partial charge in [0.25, 0.3) is 5.91 Å². The van der Waals surface area contributed by atoms with Crippen LogP contribution in [-0.2, 0) is 4.74 Å². The highest BCUT2D eigenvalue weighted by Gasteiger charge is 2.47. The third-order valence-electron chi connectivity index (χ3n) is 7.39. The van der Waals surface area contributed by atoms with Gasteiger partial charge in [-0.1, -0.05) is 29.4 Å². The van der Waals surface area contributed by atoms with Crippen molar-refractivity contribution in [3.63, 3.8) is 0 Å². The Morgan fingerprint density at radius 2 is 2.03 bits per heavy atom. The molecule has 2 saturated heterocycles. The van der Waals surface area contributed by atoms with Crippen molar-refractivity contribution in [3.05, 3.63) is 59.9 Å². The number of anilines is 2. The lowest BCUT2D eigenvalue weighted by Gasteiger charge is -2.41. The van der Waals surface area contributed by atoms with Crippen LogP contribution in [0.3, 0.4) is 0 Å². The summed E-state index contributed by atoms with van der Waals surface area (Å²) in [4.78, 5) is 41.6. The van der Waals surface area contributed by atoms with Crippen LogP contribution in [0.25, 0.3) is 11.2 Å². The number of carbonyl (C=O) groups is 1. The Bertz CT molecular complexity index is 1520. The molecule has 0 bridgehead atoms. The van der Waals surface area contributed by atoms with Gasteiger partial charge in [-0.15, -0.1) is 0 Å². The molecule has 2 aliphatic rings. The van der Waals surface area contributed by atoms with E-state index in [-0.39, 0.29) is 29.2 Å². The van der Waals surface area contributed by atoms with Crippen molar-refractivity contribution in [2.75, 3.05) is 29.9 Å². The average molecular weight is 564 g/mol. The van der Waals surface area contributed by atoms with E-state index < -0.39 is 0 Å². The predicted octanol–water partition coefficient (Wildman–Crippen LogP) is 3.60. The van der Waals surface area contributed by atoms with Gasteiger partial charge in [0, 0.05) is 35.6 Å². The van der Waals surface area contributed by atoms with Crippen molar-refractivity contribution >= 4 is 52.1 Å². The summed E-state index contributed by atoms with van der Waals surface area (Å²) in [6, 6.07) is 6.97. The topological polar surface area (TPSA) is 145 Å². The molecule has 3 N–H and O–H groups in total. The minimum Gasteiger partial charge on any atom is -0.376 e. The molecule has 0 radical (unpaired) electrons. The summed E-state index contributed by atoms with van der Waals surface area (Å²) in [7, 11) is 0. The molecule has 4 aromatic rings. The van der Waals surface area contributed by atoms with E-state index in [1.165, 1.54) is 30.4 Å². The van der Waals surface area contributed by atoms with Gasteiger partial charge in [0.1, 0.15) is 22.6 Å². The fourth-order valence-electron chi connectivity index (χ4n) is 5.03. The summed E-state index contributed by atoms with van der Waals surface area (Å²) >= 11 is 7.95. The van der Waals surface area contributed by atoms with Crippen LogP contribution in [0.2, 0.25) is 5.02 Å². The lowest BCUT2D eigenvalue weighted by molar-refractivity contribution is 0.0973. The Balaban J connectivity index is 1.15. The minimum absolute atomic E-state index is 0.0377. The molecule has 1 spiro atoms. The normalized spacial score (nSPS) is 20.4. The van der Waals surface area contributed by atoms with Crippen LogP contribution < -0.4 is 16.0 Å². The zero-order valence-electron chi connectivity index (χ0n) is 21.1. The van der Waals surface area contributed by atoms with Gasteiger partial charge in [-0.2, -0.15) is 4.98 Å². The van der Waals surface area contributed by atoms with E-state index in [0.717, 1.165) is 32.5 Å². The van der Waals surface area contributed by atoms with Crippen molar-refractivity contribution < 1.29 is 9.53 Å². The number of nitrogens with two attached hydrogens (primary N) is 1. The monoisotopic (exact) mass is 563 g/mol. The van der Waals surface area contributed by atoms with Crippen LogP contribution in [0.5, 0.6) is 0 Å². The van der Waals surface area contributed by atoms with Crippen molar-refractivity contribution in [2.24, 2.45) is 11.1 Å². The van der Waals surface area contributed by atoms with E-state index in [1.54, 1.807) is 18.5 Å². The molecule has 6 rings (SSSR count). The molecule has 0 unspecified atom stereocenters. The third kappa shape index (κ3) is 5.12. The van der Waals surface area contributed by atoms with Crippen LogP contribution in [0, 0.1) is 5.41 Å². The lowest BCUT2D eigenvalue weighted by Crippen LogP contribution is -2.50. The van der Waals surface area contributed by atoms with Gasteiger partial charge in [0.15, 0.2) is 5.65 Å². The van der Waals surface area contributed by atoms with E-state index in [1.807, 2.05) is 19.1 Å². The average Bonchev–Trinajstić information content (AvgIpc) is 3.24. The SMILES string of the molecule is C[C@@H]1OCC2(CCN(c3ncc4nc(Sc5cccc(NC(=O)c6ccncn6)c5Cl)cnc4n3)CC2)[C@@H]1N. The van der Waals surface area contributed by atoms with Crippen LogP contribution in [0.4, 0.5) is 11.6 Å². The first-order valence-electron chi connectivity index (χ1n) is 12.6. The van der Waals surface area contributed by atoms with Crippen molar-refractivity contribution in [2.45, 2.75) is 41.8 Å². The molecule has 2 fully saturated rings. The molecule has 3 aromatic heterocycles. The molecule has 2 aliphatic heterocycles. The van der Waals surface area contributed by atoms with E-state index >= 15 is 0 Å². The second-order valence-corrected chi connectivity index (χ2v) is 11.2. The number of nitrogens with zero attached hydrogens (tertiary/aromatic N) is 7. The molecule has 0 aliphatic carbocycles. The lowest BCUT2D eigenvalue weighted by atomic mass is 9.73. The number of nitrogens with one attached hydrogen (secondary N) is 1. The highest BCUT2D eigenvalue weighted by atomic mass is 35.5. The number of aromatic nitrogens is 6. The Kier molecular flexibility index (Phi) is 7.02. The molecule has 11 nitrogen and oxygen atoms in total. The molecule has 2 atom stereocenters. The number of hydrogen-bond donors (Lipinski definition) is 2. The van der Waals surface area contributed by atoms with Gasteiger partial charge in [0.05, 0.1) is 35.8 Å². The Morgan fingerprint density at radius 3 is 2.77 bits per heavy atom. The molecule has 1 amide bonds. The number of carbonyl (C=O) groups excluding carboxylic acids is 1. The summed E-state index contributed by atoms with van der Waals surface area (Å²) in [5, 5.41) is 3.81. The minimum atomic E-state index is -0.377. The predicted molar refractivity (Wildman–Crippen MR) is 148 cm³/mol. The zero-order valence-corrected chi connectivity index (χ0v) is 22.7. The fourth-order valence-corrected chi connectivity index (χ4v) is 6.14. The molecular formula is C26H26ClN9O2S. The van der Waals surface area contributed by atoms with Gasteiger partial charge in [-0.05, 0) is 38.0 Å². The number of benzene rings is 1. The van der Waals surface area contributed by atoms with Crippen LogP contribution >= 0.6 is 23.4 Å². The summed E-state index contributed by atoms with van der Waals surface area (Å²) in [5.41, 5.74) is 8.31. The first kappa shape index (κ1) is 25.8. The largest absolute Gasteiger partial charge is 0.376 e. The number of amides is 1. The van der Waals surface area contributed by atoms with E-state index in [2.05, 4.69) is 40.1 Å². The summed E-state index contributed by atoms with van der Waals surface area (Å²) in [6.07, 6.45) is 8.17. The molecule has 200 valence electrons. The number of rotatable bonds is 5. The van der Waals surface area contributed by atoms with Crippen molar-refractivity contribution in [1.29, 1.82) is 0 Å². The smallest absolute Gasteiger partial charge is 0.274 e. The third-order valence-corrected chi connectivity index (χ3v) is 8.88. The van der Waals surface area contributed by atoms with E-state index in [4.69, 9.17) is 22.1 Å². The van der Waals surface area contributed by atoms with Crippen LogP contribution in [0.15, 0.2) is 59.1 Å². The standard InChI is InChI=1S/C26H26ClN9O2S/c1-15-22(28)26(13-38-15)6-9-36(10-7-26)25-31-11-18-23(35-25)30-12-20(33-18)39-19-4-2-3-16(21(19)27)34-24(37)17-5-8-29-14-32-17/h2-5,8,11-12,14-15,22H,6-7,9-10,13,28H2,1H3,(H,34,37)/t15-,22+/m0/s1. The maximum Gasteiger partial charge on any atom is 0.274 e. The summed E-state index contributed by atoms with van der Waals surface area (Å²) < 4.78 is 5.83. The zero-order chi connectivity index (χ0) is 27.0. The summed E-state index contributed by atoms with van der Waals surface area (Å²) in [5.74, 6) is 0.264. The molecule has 39 heavy (non-hydrogen) atoms. The second kappa shape index (κ2) is 10.6. The van der Waals surface area contributed by atoms with Gasteiger partial charge in [0.2, 0.25) is 5.95 Å². The van der Waals surface area contributed by atoms with Crippen LogP contribution in [0.1, 0.15) is 30.3 Å². The first-order valence-corrected chi connectivity index (χ1v) is 13.8. The molecule has 1 aromatic carbocycles. The van der Waals surface area contributed by atoms with Gasteiger partial charge < -0.3 is 20.7 Å². The Morgan fingerprint density at radius 1 is 1.18 bits per heavy atom. The number of piperidine rings is 1. The molecule has 5 heterocycles. The van der Waals surface area contributed by atoms with Gasteiger partial charge in [-0.3, -0.25) is 4.79 Å². The number of ether oxygens (including phenoxy) is 1. The molecule has 0 saturated carbocycles. The maximum absolute atomic E-state index is 12.5. The van der Waals surface area contributed by atoms with E-state index in [0.29, 0.717) is 37.7 Å². The Hall–Kier alpha value is -3.45. The Labute approximate surface area is 234 Å². The van der Waals surface area contributed by atoms with Gasteiger partial charge >= 0.3 is 0 Å². The van der Waals surface area contributed by atoms with Gasteiger partial charge in [-0.25, -0.2) is 24.9 Å². The number of fused-ring (bicyclic) bond motifs is 1. The van der Waals surface area contributed by atoms with Crippen molar-refractivity contribution in [3.8, 4) is 0 Å². The highest BCUT2D eigenvalue weighted by Crippen LogP contribution is 2.42. The quantitative estimate of drug-likeness (QED) is 0.367. The maximum atomic E-state index is 12.5. The number of hydrogen-bond acceptors (Lipinski definition) is 11. The van der Waals surface area contributed by atoms with Crippen molar-refractivity contribution in [1.82, 2.24) is 29.9 Å². The summed E-state index contributed by atoms with van der Waals surface area (Å²) in [6.45, 7) is 4.40. The number of halogens is 1. The molecular weight excluding hydrogens is 538 g/mol. The second-order valence-electron chi connectivity index (χ2n) is 9.75.